The number of carbonyl (C=O) groups is 2. The largest absolute Gasteiger partial charge is 0.339 e. The first-order valence-electron chi connectivity index (χ1n) is 9.37. The lowest BCUT2D eigenvalue weighted by molar-refractivity contribution is -0.138. The van der Waals surface area contributed by atoms with Gasteiger partial charge in [-0.3, -0.25) is 9.59 Å². The number of rotatable bonds is 7. The first-order chi connectivity index (χ1) is 12.1. The molecule has 5 heteroatoms. The first kappa shape index (κ1) is 19.4. The minimum Gasteiger partial charge on any atom is -0.339 e. The Balaban J connectivity index is 1.96. The third-order valence-electron chi connectivity index (χ3n) is 4.89. The van der Waals surface area contributed by atoms with Crippen LogP contribution >= 0.6 is 0 Å². The van der Waals surface area contributed by atoms with E-state index in [-0.39, 0.29) is 23.8 Å². The Morgan fingerprint density at radius 2 is 1.88 bits per heavy atom. The van der Waals surface area contributed by atoms with E-state index in [0.717, 1.165) is 31.4 Å². The number of nitrogens with zero attached hydrogens (tertiary/aromatic N) is 2. The van der Waals surface area contributed by atoms with E-state index in [1.165, 1.54) is 0 Å². The minimum atomic E-state index is -0.0134. The van der Waals surface area contributed by atoms with Crippen LogP contribution in [-0.2, 0) is 4.79 Å². The van der Waals surface area contributed by atoms with E-state index in [1.54, 1.807) is 0 Å². The molecular formula is C20H31N3O2. The summed E-state index contributed by atoms with van der Waals surface area (Å²) < 4.78 is 0. The Morgan fingerprint density at radius 3 is 2.44 bits per heavy atom. The summed E-state index contributed by atoms with van der Waals surface area (Å²) in [7, 11) is 1.88. The molecule has 1 saturated heterocycles. The van der Waals surface area contributed by atoms with Crippen LogP contribution in [0, 0.1) is 5.92 Å². The maximum atomic E-state index is 12.8. The van der Waals surface area contributed by atoms with Gasteiger partial charge in [-0.2, -0.15) is 0 Å². The molecule has 138 valence electrons. The number of piperidine rings is 1. The highest BCUT2D eigenvalue weighted by atomic mass is 16.2. The van der Waals surface area contributed by atoms with Crippen molar-refractivity contribution in [3.8, 4) is 0 Å². The average molecular weight is 345 g/mol. The molecule has 1 unspecified atom stereocenters. The Morgan fingerprint density at radius 1 is 1.24 bits per heavy atom. The fourth-order valence-electron chi connectivity index (χ4n) is 3.53. The van der Waals surface area contributed by atoms with Gasteiger partial charge >= 0.3 is 0 Å². The molecule has 1 N–H and O–H groups in total. The van der Waals surface area contributed by atoms with Gasteiger partial charge in [-0.1, -0.05) is 32.0 Å². The van der Waals surface area contributed by atoms with E-state index in [4.69, 9.17) is 0 Å². The van der Waals surface area contributed by atoms with Crippen molar-refractivity contribution in [2.24, 2.45) is 5.92 Å². The Hall–Kier alpha value is -1.88. The number of hydrogen-bond donors (Lipinski definition) is 1. The summed E-state index contributed by atoms with van der Waals surface area (Å²) in [4.78, 5) is 29.3. The smallest absolute Gasteiger partial charge is 0.253 e. The lowest BCUT2D eigenvalue weighted by Crippen LogP contribution is -2.51. The Kier molecular flexibility index (Phi) is 7.44. The molecule has 0 radical (unpaired) electrons. The van der Waals surface area contributed by atoms with Gasteiger partial charge in [0.2, 0.25) is 5.91 Å². The normalized spacial score (nSPS) is 16.5. The van der Waals surface area contributed by atoms with Crippen molar-refractivity contribution in [1.29, 1.82) is 0 Å². The quantitative estimate of drug-likeness (QED) is 0.825. The molecule has 1 atom stereocenters. The number of likely N-dealkylation sites (tertiary alicyclic amines) is 1. The van der Waals surface area contributed by atoms with Crippen molar-refractivity contribution in [2.45, 2.75) is 39.2 Å². The third kappa shape index (κ3) is 5.05. The van der Waals surface area contributed by atoms with Crippen LogP contribution in [-0.4, -0.2) is 60.9 Å². The number of amides is 2. The van der Waals surface area contributed by atoms with E-state index < -0.39 is 0 Å². The van der Waals surface area contributed by atoms with Crippen LogP contribution in [0.1, 0.15) is 43.5 Å². The van der Waals surface area contributed by atoms with Crippen molar-refractivity contribution < 1.29 is 9.59 Å². The second kappa shape index (κ2) is 9.56. The molecule has 1 aliphatic rings. The lowest BCUT2D eigenvalue weighted by atomic mass is 9.99. The molecule has 2 amide bonds. The second-order valence-electron chi connectivity index (χ2n) is 6.88. The highest BCUT2D eigenvalue weighted by Gasteiger charge is 2.31. The predicted octanol–water partition coefficient (Wildman–Crippen LogP) is 2.39. The van der Waals surface area contributed by atoms with Crippen LogP contribution in [0.5, 0.6) is 0 Å². The van der Waals surface area contributed by atoms with Crippen molar-refractivity contribution in [3.05, 3.63) is 35.9 Å². The second-order valence-corrected chi connectivity index (χ2v) is 6.88. The van der Waals surface area contributed by atoms with Gasteiger partial charge in [0.15, 0.2) is 0 Å². The molecule has 0 spiro atoms. The zero-order chi connectivity index (χ0) is 18.2. The molecule has 1 fully saturated rings. The summed E-state index contributed by atoms with van der Waals surface area (Å²) in [5, 5.41) is 3.09. The number of benzene rings is 1. The van der Waals surface area contributed by atoms with Gasteiger partial charge in [0.1, 0.15) is 0 Å². The molecule has 0 aliphatic carbocycles. The van der Waals surface area contributed by atoms with Crippen molar-refractivity contribution in [1.82, 2.24) is 15.1 Å². The first-order valence-corrected chi connectivity index (χ1v) is 9.37. The summed E-state index contributed by atoms with van der Waals surface area (Å²) >= 11 is 0. The Bertz CT molecular complexity index is 553. The fourth-order valence-corrected chi connectivity index (χ4v) is 3.53. The maximum absolute atomic E-state index is 12.8. The topological polar surface area (TPSA) is 52.7 Å². The summed E-state index contributed by atoms with van der Waals surface area (Å²) in [5.41, 5.74) is 0.741. The van der Waals surface area contributed by atoms with E-state index in [2.05, 4.69) is 12.2 Å². The molecule has 1 aromatic rings. The average Bonchev–Trinajstić information content (AvgIpc) is 2.66. The molecule has 0 saturated carbocycles. The molecular weight excluding hydrogens is 314 g/mol. The monoisotopic (exact) mass is 345 g/mol. The van der Waals surface area contributed by atoms with Crippen molar-refractivity contribution >= 4 is 11.8 Å². The predicted molar refractivity (Wildman–Crippen MR) is 100 cm³/mol. The summed E-state index contributed by atoms with van der Waals surface area (Å²) in [5.74, 6) is 0.306. The van der Waals surface area contributed by atoms with Crippen molar-refractivity contribution in [3.63, 3.8) is 0 Å². The van der Waals surface area contributed by atoms with Crippen LogP contribution in [0.4, 0.5) is 0 Å². The van der Waals surface area contributed by atoms with Crippen LogP contribution in [0.2, 0.25) is 0 Å². The molecule has 25 heavy (non-hydrogen) atoms. The summed E-state index contributed by atoms with van der Waals surface area (Å²) in [6.07, 6.45) is 2.67. The van der Waals surface area contributed by atoms with Crippen LogP contribution < -0.4 is 5.32 Å². The number of nitrogens with one attached hydrogen (secondary N) is 1. The highest BCUT2D eigenvalue weighted by Crippen LogP contribution is 2.20. The SMILES string of the molecule is CCCN(C(=O)C(C)CNC)C1CCN(C(=O)c2ccccc2)CC1. The fraction of sp³-hybridized carbons (Fsp3) is 0.600. The van der Waals surface area contributed by atoms with Crippen LogP contribution in [0.3, 0.4) is 0 Å². The van der Waals surface area contributed by atoms with E-state index in [1.807, 2.05) is 54.1 Å². The highest BCUT2D eigenvalue weighted by molar-refractivity contribution is 5.94. The van der Waals surface area contributed by atoms with Gasteiger partial charge in [-0.05, 0) is 38.4 Å². The van der Waals surface area contributed by atoms with Crippen LogP contribution in [0.15, 0.2) is 30.3 Å². The van der Waals surface area contributed by atoms with Crippen LogP contribution in [0.25, 0.3) is 0 Å². The lowest BCUT2D eigenvalue weighted by Gasteiger charge is -2.39. The molecule has 1 aromatic carbocycles. The van der Waals surface area contributed by atoms with Gasteiger partial charge in [0.05, 0.1) is 0 Å². The van der Waals surface area contributed by atoms with Gasteiger partial charge in [0.25, 0.3) is 5.91 Å². The summed E-state index contributed by atoms with van der Waals surface area (Å²) in [6.45, 7) is 7.01. The molecule has 0 aromatic heterocycles. The minimum absolute atomic E-state index is 0.0134. The third-order valence-corrected chi connectivity index (χ3v) is 4.89. The van der Waals surface area contributed by atoms with Gasteiger partial charge in [-0.25, -0.2) is 0 Å². The van der Waals surface area contributed by atoms with E-state index in [9.17, 15) is 9.59 Å². The standard InChI is InChI=1S/C20H31N3O2/c1-4-12-23(19(24)16(2)15-21-3)18-10-13-22(14-11-18)20(25)17-8-6-5-7-9-17/h5-9,16,18,21H,4,10-15H2,1-3H3. The zero-order valence-electron chi connectivity index (χ0n) is 15.7. The zero-order valence-corrected chi connectivity index (χ0v) is 15.7. The number of carbonyl (C=O) groups excluding carboxylic acids is 2. The number of hydrogen-bond acceptors (Lipinski definition) is 3. The van der Waals surface area contributed by atoms with Gasteiger partial charge in [0, 0.05) is 43.7 Å². The molecule has 0 bridgehead atoms. The van der Waals surface area contributed by atoms with Crippen molar-refractivity contribution in [2.75, 3.05) is 33.2 Å². The maximum Gasteiger partial charge on any atom is 0.253 e. The summed E-state index contributed by atoms with van der Waals surface area (Å²) in [6, 6.07) is 9.67. The molecule has 2 rings (SSSR count). The van der Waals surface area contributed by atoms with Gasteiger partial charge < -0.3 is 15.1 Å². The van der Waals surface area contributed by atoms with E-state index in [0.29, 0.717) is 19.6 Å². The van der Waals surface area contributed by atoms with Gasteiger partial charge in [-0.15, -0.1) is 0 Å². The molecule has 5 nitrogen and oxygen atoms in total. The molecule has 1 heterocycles. The van der Waals surface area contributed by atoms with E-state index >= 15 is 0 Å². The Labute approximate surface area is 151 Å². The molecule has 1 aliphatic heterocycles.